The number of aromatic nitrogens is 3. The molecule has 1 unspecified atom stereocenters. The van der Waals surface area contributed by atoms with Crippen molar-refractivity contribution in [2.75, 3.05) is 0 Å². The predicted molar refractivity (Wildman–Crippen MR) is 102 cm³/mol. The van der Waals surface area contributed by atoms with Gasteiger partial charge < -0.3 is 0 Å². The summed E-state index contributed by atoms with van der Waals surface area (Å²) < 4.78 is 5.03. The Morgan fingerprint density at radius 1 is 0.920 bits per heavy atom. The Morgan fingerprint density at radius 2 is 1.80 bits per heavy atom. The molecule has 0 saturated heterocycles. The lowest BCUT2D eigenvalue weighted by atomic mass is 10.0. The summed E-state index contributed by atoms with van der Waals surface area (Å²) in [5.41, 5.74) is 5.82. The van der Waals surface area contributed by atoms with Crippen LogP contribution in [0.2, 0.25) is 0 Å². The van der Waals surface area contributed by atoms with E-state index < -0.39 is 0 Å². The third-order valence-corrected chi connectivity index (χ3v) is 6.39. The summed E-state index contributed by atoms with van der Waals surface area (Å²) >= 11 is 1.87. The van der Waals surface area contributed by atoms with Gasteiger partial charge in [-0.1, -0.05) is 18.2 Å². The standard InChI is InChI=1S/C21H14N3S/c1-12-14-11-20-16(13-4-2-3-5-19(13)25-20)10-15(14)18-7-6-17-21(24(12)18)23-9-8-22-17/h2-12H,1H3/q+1. The summed E-state index contributed by atoms with van der Waals surface area (Å²) in [6.45, 7) is 2.25. The minimum absolute atomic E-state index is 0.264. The lowest BCUT2D eigenvalue weighted by Crippen LogP contribution is -2.37. The number of rotatable bonds is 0. The first-order valence-electron chi connectivity index (χ1n) is 8.42. The zero-order chi connectivity index (χ0) is 16.5. The summed E-state index contributed by atoms with van der Waals surface area (Å²) in [4.78, 5) is 9.06. The first kappa shape index (κ1) is 13.4. The van der Waals surface area contributed by atoms with Crippen molar-refractivity contribution in [1.29, 1.82) is 0 Å². The molecule has 0 N–H and O–H groups in total. The van der Waals surface area contributed by atoms with Gasteiger partial charge in [0.15, 0.2) is 11.7 Å². The van der Waals surface area contributed by atoms with E-state index in [4.69, 9.17) is 0 Å². The van der Waals surface area contributed by atoms with E-state index >= 15 is 0 Å². The number of thiophene rings is 1. The molecule has 1 aliphatic rings. The maximum Gasteiger partial charge on any atom is 0.349 e. The van der Waals surface area contributed by atoms with Crippen molar-refractivity contribution in [3.63, 3.8) is 0 Å². The van der Waals surface area contributed by atoms with Crippen LogP contribution in [0.25, 0.3) is 42.6 Å². The van der Waals surface area contributed by atoms with E-state index in [2.05, 4.69) is 70.0 Å². The molecule has 3 nitrogen and oxygen atoms in total. The van der Waals surface area contributed by atoms with Crippen LogP contribution in [0.5, 0.6) is 0 Å². The van der Waals surface area contributed by atoms with Crippen LogP contribution in [0.15, 0.2) is 60.9 Å². The highest BCUT2D eigenvalue weighted by molar-refractivity contribution is 7.25. The Balaban J connectivity index is 1.74. The highest BCUT2D eigenvalue weighted by atomic mass is 32.1. The Labute approximate surface area is 148 Å². The first-order valence-corrected chi connectivity index (χ1v) is 9.24. The molecular weight excluding hydrogens is 326 g/mol. The van der Waals surface area contributed by atoms with E-state index in [1.54, 1.807) is 12.4 Å². The fourth-order valence-electron chi connectivity index (χ4n) is 4.10. The summed E-state index contributed by atoms with van der Waals surface area (Å²) in [6, 6.07) is 17.9. The van der Waals surface area contributed by atoms with Crippen LogP contribution in [0.1, 0.15) is 18.5 Å². The zero-order valence-electron chi connectivity index (χ0n) is 13.6. The number of hydrogen-bond donors (Lipinski definition) is 0. The van der Waals surface area contributed by atoms with Gasteiger partial charge in [0.1, 0.15) is 11.7 Å². The van der Waals surface area contributed by atoms with Crippen LogP contribution in [0, 0.1) is 0 Å². The van der Waals surface area contributed by atoms with E-state index in [1.165, 1.54) is 37.0 Å². The van der Waals surface area contributed by atoms with Crippen molar-refractivity contribution < 1.29 is 4.57 Å². The fraction of sp³-hybridized carbons (Fsp3) is 0.0952. The molecule has 0 amide bonds. The van der Waals surface area contributed by atoms with Gasteiger partial charge in [-0.15, -0.1) is 11.3 Å². The van der Waals surface area contributed by atoms with Crippen LogP contribution in [0.4, 0.5) is 0 Å². The van der Waals surface area contributed by atoms with E-state index in [1.807, 2.05) is 11.3 Å². The van der Waals surface area contributed by atoms with Gasteiger partial charge in [0, 0.05) is 31.3 Å². The summed E-state index contributed by atoms with van der Waals surface area (Å²) in [5.74, 6) is 0. The third-order valence-electron chi connectivity index (χ3n) is 5.26. The zero-order valence-corrected chi connectivity index (χ0v) is 14.4. The number of nitrogens with zero attached hydrogens (tertiary/aromatic N) is 3. The van der Waals surface area contributed by atoms with Crippen molar-refractivity contribution >= 4 is 42.7 Å². The number of hydrogen-bond acceptors (Lipinski definition) is 3. The Morgan fingerprint density at radius 3 is 2.76 bits per heavy atom. The molecule has 3 aromatic heterocycles. The third kappa shape index (κ3) is 1.67. The molecule has 1 atom stereocenters. The summed E-state index contributed by atoms with van der Waals surface area (Å²) in [7, 11) is 0. The molecule has 0 spiro atoms. The average Bonchev–Trinajstić information content (AvgIpc) is 3.16. The molecule has 118 valence electrons. The average molecular weight is 340 g/mol. The molecular formula is C21H14N3S+. The number of fused-ring (bicyclic) bond motifs is 8. The second-order valence-electron chi connectivity index (χ2n) is 6.56. The predicted octanol–water partition coefficient (Wildman–Crippen LogP) is 4.87. The van der Waals surface area contributed by atoms with E-state index in [0.717, 1.165) is 11.2 Å². The monoisotopic (exact) mass is 340 g/mol. The van der Waals surface area contributed by atoms with Crippen LogP contribution >= 0.6 is 11.3 Å². The van der Waals surface area contributed by atoms with Gasteiger partial charge in [-0.2, -0.15) is 0 Å². The van der Waals surface area contributed by atoms with Gasteiger partial charge in [-0.3, -0.25) is 0 Å². The van der Waals surface area contributed by atoms with Crippen molar-refractivity contribution in [1.82, 2.24) is 9.97 Å². The minimum Gasteiger partial charge on any atom is -0.244 e. The van der Waals surface area contributed by atoms with Crippen LogP contribution in [-0.2, 0) is 0 Å². The van der Waals surface area contributed by atoms with E-state index in [0.29, 0.717) is 0 Å². The number of benzene rings is 2. The topological polar surface area (TPSA) is 29.7 Å². The molecule has 4 heteroatoms. The van der Waals surface area contributed by atoms with Crippen molar-refractivity contribution in [2.24, 2.45) is 0 Å². The molecule has 4 heterocycles. The largest absolute Gasteiger partial charge is 0.349 e. The molecule has 0 fully saturated rings. The molecule has 5 aromatic rings. The quantitative estimate of drug-likeness (QED) is 0.376. The van der Waals surface area contributed by atoms with Gasteiger partial charge in [0.25, 0.3) is 0 Å². The highest BCUT2D eigenvalue weighted by Crippen LogP contribution is 2.42. The van der Waals surface area contributed by atoms with E-state index in [-0.39, 0.29) is 6.04 Å². The minimum atomic E-state index is 0.264. The Hall–Kier alpha value is -2.85. The molecule has 0 radical (unpaired) electrons. The molecule has 0 aliphatic carbocycles. The van der Waals surface area contributed by atoms with Gasteiger partial charge in [-0.05, 0) is 42.2 Å². The summed E-state index contributed by atoms with van der Waals surface area (Å²) in [6.07, 6.45) is 3.53. The maximum absolute atomic E-state index is 4.60. The fourth-order valence-corrected chi connectivity index (χ4v) is 5.24. The van der Waals surface area contributed by atoms with Crippen LogP contribution < -0.4 is 4.57 Å². The lowest BCUT2D eigenvalue weighted by molar-refractivity contribution is -0.670. The Bertz CT molecular complexity index is 1320. The van der Waals surface area contributed by atoms with Gasteiger partial charge in [0.2, 0.25) is 0 Å². The molecule has 2 aromatic carbocycles. The van der Waals surface area contributed by atoms with Crippen LogP contribution in [0.3, 0.4) is 0 Å². The molecule has 6 rings (SSSR count). The second-order valence-corrected chi connectivity index (χ2v) is 7.65. The smallest absolute Gasteiger partial charge is 0.244 e. The molecule has 1 aliphatic heterocycles. The highest BCUT2D eigenvalue weighted by Gasteiger charge is 2.33. The van der Waals surface area contributed by atoms with Crippen LogP contribution in [-0.4, -0.2) is 9.97 Å². The van der Waals surface area contributed by atoms with Gasteiger partial charge in [-0.25, -0.2) is 9.55 Å². The van der Waals surface area contributed by atoms with Crippen molar-refractivity contribution in [3.05, 3.63) is 66.5 Å². The van der Waals surface area contributed by atoms with Gasteiger partial charge in [0.05, 0.1) is 6.20 Å². The Kier molecular flexibility index (Phi) is 2.48. The van der Waals surface area contributed by atoms with Gasteiger partial charge >= 0.3 is 5.65 Å². The molecule has 0 saturated carbocycles. The van der Waals surface area contributed by atoms with E-state index in [9.17, 15) is 0 Å². The summed E-state index contributed by atoms with van der Waals surface area (Å²) in [5, 5.41) is 2.69. The van der Waals surface area contributed by atoms with Crippen molar-refractivity contribution in [3.8, 4) is 11.3 Å². The second kappa shape index (κ2) is 4.61. The molecule has 0 bridgehead atoms. The lowest BCUT2D eigenvalue weighted by Gasteiger charge is -2.05. The maximum atomic E-state index is 4.60. The van der Waals surface area contributed by atoms with Crippen molar-refractivity contribution in [2.45, 2.75) is 13.0 Å². The molecule has 25 heavy (non-hydrogen) atoms. The number of pyridine rings is 1. The SMILES string of the molecule is CC1c2cc3sc4ccccc4c3cc2-c2ccc3nccnc3[n+]21. The first-order chi connectivity index (χ1) is 12.3. The normalized spacial score (nSPS) is 15.8.